The Morgan fingerprint density at radius 3 is 2.91 bits per heavy atom. The highest BCUT2D eigenvalue weighted by Gasteiger charge is 2.45. The van der Waals surface area contributed by atoms with Gasteiger partial charge < -0.3 is 10.2 Å². The molecule has 2 aliphatic heterocycles. The number of aliphatic imine (C=N–C) groups is 1. The molecule has 0 radical (unpaired) electrons. The fraction of sp³-hybridized carbons (Fsp3) is 0.188. The van der Waals surface area contributed by atoms with E-state index in [2.05, 4.69) is 10.3 Å². The Labute approximate surface area is 143 Å². The predicted molar refractivity (Wildman–Crippen MR) is 90.7 cm³/mol. The Hall–Kier alpha value is -2.11. The van der Waals surface area contributed by atoms with E-state index in [0.29, 0.717) is 16.5 Å². The number of carbonyl (C=O) groups excluding carboxylic acids is 2. The molecule has 0 fully saturated rings. The fourth-order valence-corrected chi connectivity index (χ4v) is 2.88. The van der Waals surface area contributed by atoms with Crippen LogP contribution in [0, 0.1) is 0 Å². The van der Waals surface area contributed by atoms with Crippen molar-refractivity contribution in [3.8, 4) is 0 Å². The lowest BCUT2D eigenvalue weighted by Crippen LogP contribution is -2.58. The summed E-state index contributed by atoms with van der Waals surface area (Å²) in [5.41, 5.74) is -0.695. The summed E-state index contributed by atoms with van der Waals surface area (Å²) >= 11 is 12.1. The Morgan fingerprint density at radius 2 is 2.13 bits per heavy atom. The fourth-order valence-electron chi connectivity index (χ4n) is 2.54. The van der Waals surface area contributed by atoms with Crippen LogP contribution in [0.3, 0.4) is 0 Å². The molecule has 7 heteroatoms. The Kier molecular flexibility index (Phi) is 4.00. The molecule has 1 N–H and O–H groups in total. The molecule has 2 heterocycles. The van der Waals surface area contributed by atoms with Crippen LogP contribution in [-0.4, -0.2) is 28.1 Å². The van der Waals surface area contributed by atoms with Crippen molar-refractivity contribution in [3.05, 3.63) is 52.7 Å². The Bertz CT molecular complexity index is 786. The summed E-state index contributed by atoms with van der Waals surface area (Å²) in [6.07, 6.45) is 6.94. The van der Waals surface area contributed by atoms with Gasteiger partial charge in [-0.3, -0.25) is 9.59 Å². The Morgan fingerprint density at radius 1 is 1.35 bits per heavy atom. The normalized spacial score (nSPS) is 22.7. The monoisotopic (exact) mass is 349 g/mol. The first-order chi connectivity index (χ1) is 10.9. The third kappa shape index (κ3) is 2.78. The molecule has 0 bridgehead atoms. The van der Waals surface area contributed by atoms with Crippen LogP contribution in [0.15, 0.2) is 47.6 Å². The number of fused-ring (bicyclic) bond motifs is 1. The minimum Gasteiger partial charge on any atom is -0.323 e. The molecule has 0 saturated carbocycles. The van der Waals surface area contributed by atoms with Crippen LogP contribution >= 0.6 is 23.2 Å². The molecule has 1 unspecified atom stereocenters. The second kappa shape index (κ2) is 5.83. The minimum absolute atomic E-state index is 0.0291. The van der Waals surface area contributed by atoms with Gasteiger partial charge in [0, 0.05) is 6.20 Å². The first-order valence-electron chi connectivity index (χ1n) is 6.93. The van der Waals surface area contributed by atoms with Gasteiger partial charge in [0.25, 0.3) is 11.8 Å². The molecular formula is C16H13Cl2N3O2. The van der Waals surface area contributed by atoms with Gasteiger partial charge in [-0.15, -0.1) is 0 Å². The highest BCUT2D eigenvalue weighted by atomic mass is 35.5. The van der Waals surface area contributed by atoms with Crippen LogP contribution in [0.5, 0.6) is 0 Å². The number of amides is 2. The molecular weight excluding hydrogens is 337 g/mol. The highest BCUT2D eigenvalue weighted by Crippen LogP contribution is 2.33. The van der Waals surface area contributed by atoms with Gasteiger partial charge in [-0.05, 0) is 31.2 Å². The Balaban J connectivity index is 1.93. The number of rotatable bonds is 2. The molecule has 0 spiro atoms. The lowest BCUT2D eigenvalue weighted by Gasteiger charge is -2.41. The van der Waals surface area contributed by atoms with Crippen LogP contribution < -0.4 is 5.32 Å². The quantitative estimate of drug-likeness (QED) is 0.889. The molecule has 0 aromatic heterocycles. The van der Waals surface area contributed by atoms with E-state index in [1.807, 2.05) is 0 Å². The topological polar surface area (TPSA) is 61.8 Å². The molecule has 2 amide bonds. The van der Waals surface area contributed by atoms with Gasteiger partial charge >= 0.3 is 0 Å². The zero-order valence-electron chi connectivity index (χ0n) is 12.2. The average molecular weight is 350 g/mol. The third-order valence-corrected chi connectivity index (χ3v) is 4.61. The molecule has 1 atom stereocenters. The van der Waals surface area contributed by atoms with E-state index >= 15 is 0 Å². The number of benzene rings is 1. The lowest BCUT2D eigenvalue weighted by atomic mass is 9.91. The van der Waals surface area contributed by atoms with Crippen LogP contribution in [0.25, 0.3) is 0 Å². The summed E-state index contributed by atoms with van der Waals surface area (Å²) in [6, 6.07) is 4.98. The second-order valence-electron chi connectivity index (χ2n) is 5.44. The van der Waals surface area contributed by atoms with E-state index in [4.69, 9.17) is 23.2 Å². The molecule has 118 valence electrons. The summed E-state index contributed by atoms with van der Waals surface area (Å²) in [7, 11) is 0. The van der Waals surface area contributed by atoms with Crippen molar-refractivity contribution in [2.45, 2.75) is 18.9 Å². The van der Waals surface area contributed by atoms with Gasteiger partial charge in [-0.25, -0.2) is 0 Å². The third-order valence-electron chi connectivity index (χ3n) is 3.79. The lowest BCUT2D eigenvalue weighted by molar-refractivity contribution is -0.130. The first kappa shape index (κ1) is 15.8. The van der Waals surface area contributed by atoms with Gasteiger partial charge in [-0.1, -0.05) is 35.3 Å². The number of carbonyl (C=O) groups is 2. The van der Waals surface area contributed by atoms with Crippen LogP contribution in [0.1, 0.15) is 13.3 Å². The smallest absolute Gasteiger partial charge is 0.250 e. The maximum Gasteiger partial charge on any atom is 0.250 e. The van der Waals surface area contributed by atoms with Gasteiger partial charge in [-0.2, -0.15) is 4.99 Å². The molecule has 1 aromatic carbocycles. The summed E-state index contributed by atoms with van der Waals surface area (Å²) in [5.74, 6) is -0.257. The van der Waals surface area contributed by atoms with Gasteiger partial charge in [0.2, 0.25) is 0 Å². The first-order valence-corrected chi connectivity index (χ1v) is 7.68. The van der Waals surface area contributed by atoms with Crippen LogP contribution in [0.4, 0.5) is 5.69 Å². The minimum atomic E-state index is -1.10. The van der Waals surface area contributed by atoms with Crippen molar-refractivity contribution in [2.75, 3.05) is 5.32 Å². The van der Waals surface area contributed by atoms with Crippen molar-refractivity contribution < 1.29 is 9.59 Å². The summed E-state index contributed by atoms with van der Waals surface area (Å²) in [6.45, 7) is 1.69. The molecule has 3 rings (SSSR count). The average Bonchev–Trinajstić information content (AvgIpc) is 2.51. The maximum atomic E-state index is 12.8. The summed E-state index contributed by atoms with van der Waals surface area (Å²) in [4.78, 5) is 30.4. The number of amidine groups is 1. The number of nitrogens with zero attached hydrogens (tertiary/aromatic N) is 2. The van der Waals surface area contributed by atoms with E-state index in [0.717, 1.165) is 0 Å². The largest absolute Gasteiger partial charge is 0.323 e. The zero-order chi connectivity index (χ0) is 16.6. The van der Waals surface area contributed by atoms with Crippen molar-refractivity contribution in [2.24, 2.45) is 4.99 Å². The SMILES string of the molecule is CC1(C(=O)Nc2cccc(Cl)c2Cl)CC(=O)N=C2C=CC=CN21. The second-order valence-corrected chi connectivity index (χ2v) is 6.23. The van der Waals surface area contributed by atoms with Crippen molar-refractivity contribution >= 4 is 46.5 Å². The highest BCUT2D eigenvalue weighted by molar-refractivity contribution is 6.44. The van der Waals surface area contributed by atoms with Gasteiger partial charge in [0.15, 0.2) is 0 Å². The molecule has 0 aliphatic carbocycles. The van der Waals surface area contributed by atoms with Crippen molar-refractivity contribution in [1.82, 2.24) is 4.90 Å². The summed E-state index contributed by atoms with van der Waals surface area (Å²) < 4.78 is 0. The predicted octanol–water partition coefficient (Wildman–Crippen LogP) is 3.40. The molecule has 2 aliphatic rings. The van der Waals surface area contributed by atoms with E-state index in [1.54, 1.807) is 54.5 Å². The summed E-state index contributed by atoms with van der Waals surface area (Å²) in [5, 5.41) is 3.36. The van der Waals surface area contributed by atoms with Crippen LogP contribution in [0.2, 0.25) is 10.0 Å². The standard InChI is InChI=1S/C16H13Cl2N3O2/c1-16(9-13(22)20-12-7-2-3-8-21(12)16)15(23)19-11-6-4-5-10(17)14(11)18/h2-8H,9H2,1H3,(H,19,23). The van der Waals surface area contributed by atoms with E-state index in [1.165, 1.54) is 0 Å². The molecule has 23 heavy (non-hydrogen) atoms. The maximum absolute atomic E-state index is 12.8. The number of hydrogen-bond donors (Lipinski definition) is 1. The zero-order valence-corrected chi connectivity index (χ0v) is 13.7. The number of anilines is 1. The van der Waals surface area contributed by atoms with E-state index in [-0.39, 0.29) is 23.3 Å². The van der Waals surface area contributed by atoms with Gasteiger partial charge in [0.1, 0.15) is 11.4 Å². The number of hydrogen-bond acceptors (Lipinski definition) is 3. The number of allylic oxidation sites excluding steroid dienone is 2. The number of halogens is 2. The molecule has 5 nitrogen and oxygen atoms in total. The van der Waals surface area contributed by atoms with Gasteiger partial charge in [0.05, 0.1) is 22.2 Å². The molecule has 1 aromatic rings. The van der Waals surface area contributed by atoms with Crippen molar-refractivity contribution in [1.29, 1.82) is 0 Å². The number of nitrogens with one attached hydrogen (secondary N) is 1. The molecule has 0 saturated heterocycles. The van der Waals surface area contributed by atoms with Crippen LogP contribution in [-0.2, 0) is 9.59 Å². The van der Waals surface area contributed by atoms with E-state index in [9.17, 15) is 9.59 Å². The van der Waals surface area contributed by atoms with Crippen molar-refractivity contribution in [3.63, 3.8) is 0 Å². The van der Waals surface area contributed by atoms with E-state index < -0.39 is 5.54 Å².